The van der Waals surface area contributed by atoms with Crippen LogP contribution >= 0.6 is 0 Å². The first-order valence-corrected chi connectivity index (χ1v) is 5.23. The van der Waals surface area contributed by atoms with Crippen molar-refractivity contribution in [2.45, 2.75) is 6.10 Å². The van der Waals surface area contributed by atoms with Crippen molar-refractivity contribution in [3.8, 4) is 12.3 Å². The molecule has 0 saturated heterocycles. The number of hydrogen-bond donors (Lipinski definition) is 2. The number of terminal acetylenes is 1. The lowest BCUT2D eigenvalue weighted by molar-refractivity contribution is -0.148. The topological polar surface area (TPSA) is 77.8 Å². The summed E-state index contributed by atoms with van der Waals surface area (Å²) in [5.41, 5.74) is 0.398. The van der Waals surface area contributed by atoms with Gasteiger partial charge in [0.2, 0.25) is 0 Å². The monoisotopic (exact) mass is 247 g/mol. The number of hydrogen-bond acceptors (Lipinski definition) is 3. The molecule has 0 fully saturated rings. The number of carbonyl (C=O) groups excluding carboxylic acids is 1. The number of carboxylic acids is 1. The second-order valence-electron chi connectivity index (χ2n) is 3.61. The number of rotatable bonds is 5. The van der Waals surface area contributed by atoms with E-state index in [1.54, 1.807) is 30.3 Å². The Hall–Kier alpha value is -2.32. The first-order chi connectivity index (χ1) is 8.56. The summed E-state index contributed by atoms with van der Waals surface area (Å²) in [5, 5.41) is 18.5. The summed E-state index contributed by atoms with van der Waals surface area (Å²) in [5.74, 6) is 0.289. The van der Waals surface area contributed by atoms with Gasteiger partial charge in [-0.3, -0.25) is 9.59 Å². The largest absolute Gasteiger partial charge is 0.480 e. The zero-order valence-corrected chi connectivity index (χ0v) is 9.61. The van der Waals surface area contributed by atoms with E-state index >= 15 is 0 Å². The van der Waals surface area contributed by atoms with Gasteiger partial charge in [0.05, 0.1) is 6.54 Å². The Morgan fingerprint density at radius 3 is 2.44 bits per heavy atom. The lowest BCUT2D eigenvalue weighted by Crippen LogP contribution is -2.39. The molecule has 0 aromatic heterocycles. The van der Waals surface area contributed by atoms with Crippen molar-refractivity contribution >= 4 is 11.9 Å². The van der Waals surface area contributed by atoms with Gasteiger partial charge in [-0.2, -0.15) is 0 Å². The van der Waals surface area contributed by atoms with Crippen molar-refractivity contribution in [1.29, 1.82) is 0 Å². The molecular formula is C13H13NO4. The second-order valence-corrected chi connectivity index (χ2v) is 3.61. The van der Waals surface area contributed by atoms with E-state index < -0.39 is 24.5 Å². The predicted molar refractivity (Wildman–Crippen MR) is 64.5 cm³/mol. The highest BCUT2D eigenvalue weighted by molar-refractivity contribution is 5.85. The summed E-state index contributed by atoms with van der Waals surface area (Å²) in [7, 11) is 0. The number of carbonyl (C=O) groups is 2. The highest BCUT2D eigenvalue weighted by atomic mass is 16.4. The molecule has 0 spiro atoms. The summed E-state index contributed by atoms with van der Waals surface area (Å²) in [6.45, 7) is -0.693. The first kappa shape index (κ1) is 13.7. The number of carboxylic acid groups (broad SMARTS) is 1. The van der Waals surface area contributed by atoms with E-state index in [1.165, 1.54) is 0 Å². The predicted octanol–water partition coefficient (Wildman–Crippen LogP) is 0.266. The molecule has 18 heavy (non-hydrogen) atoms. The average molecular weight is 247 g/mol. The van der Waals surface area contributed by atoms with Gasteiger partial charge in [0.25, 0.3) is 5.91 Å². The van der Waals surface area contributed by atoms with Crippen LogP contribution < -0.4 is 0 Å². The lowest BCUT2D eigenvalue weighted by atomic mass is 10.1. The summed E-state index contributed by atoms with van der Waals surface area (Å²) in [4.78, 5) is 23.4. The molecule has 1 amide bonds. The minimum Gasteiger partial charge on any atom is -0.480 e. The Morgan fingerprint density at radius 2 is 1.94 bits per heavy atom. The van der Waals surface area contributed by atoms with E-state index in [9.17, 15) is 14.7 Å². The molecule has 0 radical (unpaired) electrons. The van der Waals surface area contributed by atoms with E-state index in [1.807, 2.05) is 0 Å². The summed E-state index contributed by atoms with van der Waals surface area (Å²) in [6.07, 6.45) is 3.66. The molecule has 94 valence electrons. The van der Waals surface area contributed by atoms with Crippen LogP contribution in [0.2, 0.25) is 0 Å². The fraction of sp³-hybridized carbons (Fsp3) is 0.231. The van der Waals surface area contributed by atoms with Gasteiger partial charge in [-0.1, -0.05) is 36.3 Å². The molecule has 5 heteroatoms. The first-order valence-electron chi connectivity index (χ1n) is 5.23. The zero-order chi connectivity index (χ0) is 13.5. The zero-order valence-electron chi connectivity index (χ0n) is 9.61. The molecule has 0 bridgehead atoms. The Kier molecular flexibility index (Phi) is 4.90. The van der Waals surface area contributed by atoms with Crippen LogP contribution in [0.4, 0.5) is 0 Å². The maximum absolute atomic E-state index is 11.9. The van der Waals surface area contributed by atoms with Crippen LogP contribution in [0.3, 0.4) is 0 Å². The fourth-order valence-electron chi connectivity index (χ4n) is 1.44. The van der Waals surface area contributed by atoms with Crippen molar-refractivity contribution in [1.82, 2.24) is 4.90 Å². The lowest BCUT2D eigenvalue weighted by Gasteiger charge is -2.21. The highest BCUT2D eigenvalue weighted by Crippen LogP contribution is 2.14. The fourth-order valence-corrected chi connectivity index (χ4v) is 1.44. The Labute approximate surface area is 105 Å². The third-order valence-electron chi connectivity index (χ3n) is 2.27. The molecule has 1 rings (SSSR count). The molecule has 1 atom stereocenters. The van der Waals surface area contributed by atoms with Crippen molar-refractivity contribution in [3.05, 3.63) is 35.9 Å². The Bertz CT molecular complexity index is 464. The van der Waals surface area contributed by atoms with Crippen LogP contribution in [-0.2, 0) is 9.59 Å². The molecule has 2 N–H and O–H groups in total. The van der Waals surface area contributed by atoms with E-state index in [0.717, 1.165) is 4.90 Å². The number of amides is 1. The van der Waals surface area contributed by atoms with Crippen LogP contribution in [0.1, 0.15) is 11.7 Å². The van der Waals surface area contributed by atoms with Gasteiger partial charge in [-0.25, -0.2) is 0 Å². The minimum absolute atomic E-state index is 0.158. The standard InChI is InChI=1S/C13H13NO4/c1-2-8-14(9-11(15)16)13(18)12(17)10-6-4-3-5-7-10/h1,3-7,12,17H,8-9H2,(H,15,16). The summed E-state index contributed by atoms with van der Waals surface area (Å²) < 4.78 is 0. The normalized spacial score (nSPS) is 11.3. The van der Waals surface area contributed by atoms with Crippen molar-refractivity contribution < 1.29 is 19.8 Å². The summed E-state index contributed by atoms with van der Waals surface area (Å²) >= 11 is 0. The van der Waals surface area contributed by atoms with E-state index in [-0.39, 0.29) is 6.54 Å². The quantitative estimate of drug-likeness (QED) is 0.732. The molecule has 0 aliphatic rings. The van der Waals surface area contributed by atoms with Crippen molar-refractivity contribution in [3.63, 3.8) is 0 Å². The van der Waals surface area contributed by atoms with Crippen molar-refractivity contribution in [2.75, 3.05) is 13.1 Å². The van der Waals surface area contributed by atoms with Gasteiger partial charge >= 0.3 is 5.97 Å². The van der Waals surface area contributed by atoms with Crippen molar-refractivity contribution in [2.24, 2.45) is 0 Å². The van der Waals surface area contributed by atoms with Crippen LogP contribution in [0.5, 0.6) is 0 Å². The molecule has 0 aliphatic heterocycles. The smallest absolute Gasteiger partial charge is 0.323 e. The van der Waals surface area contributed by atoms with Gasteiger partial charge in [-0.15, -0.1) is 6.42 Å². The van der Waals surface area contributed by atoms with Crippen LogP contribution in [0.25, 0.3) is 0 Å². The van der Waals surface area contributed by atoms with Crippen LogP contribution in [-0.4, -0.2) is 40.1 Å². The third-order valence-corrected chi connectivity index (χ3v) is 2.27. The van der Waals surface area contributed by atoms with Gasteiger partial charge < -0.3 is 15.1 Å². The Balaban J connectivity index is 2.83. The maximum atomic E-state index is 11.9. The molecule has 1 aromatic rings. The molecule has 0 heterocycles. The average Bonchev–Trinajstić information content (AvgIpc) is 2.37. The molecule has 0 aliphatic carbocycles. The van der Waals surface area contributed by atoms with Crippen LogP contribution in [0.15, 0.2) is 30.3 Å². The second kappa shape index (κ2) is 6.42. The van der Waals surface area contributed by atoms with Gasteiger partial charge in [0.1, 0.15) is 6.54 Å². The number of aliphatic hydroxyl groups is 1. The maximum Gasteiger partial charge on any atom is 0.323 e. The molecule has 1 unspecified atom stereocenters. The number of aliphatic carboxylic acids is 1. The SMILES string of the molecule is C#CCN(CC(=O)O)C(=O)C(O)c1ccccc1. The van der Waals surface area contributed by atoms with Gasteiger partial charge in [-0.05, 0) is 5.56 Å². The van der Waals surface area contributed by atoms with E-state index in [2.05, 4.69) is 5.92 Å². The third kappa shape index (κ3) is 3.61. The van der Waals surface area contributed by atoms with E-state index in [4.69, 9.17) is 11.5 Å². The Morgan fingerprint density at radius 1 is 1.33 bits per heavy atom. The van der Waals surface area contributed by atoms with Gasteiger partial charge in [0, 0.05) is 0 Å². The minimum atomic E-state index is -1.40. The molecule has 5 nitrogen and oxygen atoms in total. The van der Waals surface area contributed by atoms with E-state index in [0.29, 0.717) is 5.56 Å². The van der Waals surface area contributed by atoms with Gasteiger partial charge in [0.15, 0.2) is 6.10 Å². The summed E-state index contributed by atoms with van der Waals surface area (Å²) in [6, 6.07) is 8.26. The number of aliphatic hydroxyl groups excluding tert-OH is 1. The molecular weight excluding hydrogens is 234 g/mol. The van der Waals surface area contributed by atoms with Crippen LogP contribution in [0, 0.1) is 12.3 Å². The molecule has 0 saturated carbocycles. The molecule has 1 aromatic carbocycles. The highest BCUT2D eigenvalue weighted by Gasteiger charge is 2.24. The number of nitrogens with zero attached hydrogens (tertiary/aromatic N) is 1. The number of benzene rings is 1.